The molecule has 1 N–H and O–H groups in total. The lowest BCUT2D eigenvalue weighted by Crippen LogP contribution is -2.43. The molecule has 0 saturated carbocycles. The zero-order chi connectivity index (χ0) is 23.6. The van der Waals surface area contributed by atoms with Crippen molar-refractivity contribution in [2.45, 2.75) is 17.7 Å². The zero-order valence-corrected chi connectivity index (χ0v) is 19.8. The van der Waals surface area contributed by atoms with E-state index in [1.165, 1.54) is 23.5 Å². The van der Waals surface area contributed by atoms with Crippen LogP contribution in [0.3, 0.4) is 0 Å². The first-order chi connectivity index (χ1) is 15.8. The monoisotopic (exact) mass is 510 g/mol. The molecule has 2 aromatic carbocycles. The van der Waals surface area contributed by atoms with Crippen LogP contribution in [0.15, 0.2) is 51.8 Å². The summed E-state index contributed by atoms with van der Waals surface area (Å²) in [4.78, 5) is 12.9. The van der Waals surface area contributed by atoms with Crippen LogP contribution in [0.2, 0.25) is 10.0 Å². The van der Waals surface area contributed by atoms with Crippen LogP contribution in [-0.4, -0.2) is 49.0 Å². The summed E-state index contributed by atoms with van der Waals surface area (Å²) in [5, 5.41) is 11.1. The Hall–Kier alpha value is -2.66. The van der Waals surface area contributed by atoms with Crippen LogP contribution in [-0.2, 0) is 14.8 Å². The lowest BCUT2D eigenvalue weighted by atomic mass is 9.99. The van der Waals surface area contributed by atoms with Crippen molar-refractivity contribution in [2.24, 2.45) is 5.92 Å². The molecule has 9 nitrogen and oxygen atoms in total. The number of hydrogen-bond donors (Lipinski definition) is 1. The average Bonchev–Trinajstić information content (AvgIpc) is 3.27. The van der Waals surface area contributed by atoms with Gasteiger partial charge in [-0.25, -0.2) is 8.42 Å². The second-order valence-corrected chi connectivity index (χ2v) is 10.2. The Balaban J connectivity index is 1.44. The van der Waals surface area contributed by atoms with Gasteiger partial charge in [-0.3, -0.25) is 10.1 Å². The van der Waals surface area contributed by atoms with E-state index >= 15 is 0 Å². The summed E-state index contributed by atoms with van der Waals surface area (Å²) < 4.78 is 37.9. The molecule has 1 amide bonds. The Morgan fingerprint density at radius 3 is 2.52 bits per heavy atom. The van der Waals surface area contributed by atoms with Crippen LogP contribution in [0.4, 0.5) is 6.01 Å². The number of carbonyl (C=O) groups is 1. The van der Waals surface area contributed by atoms with E-state index < -0.39 is 21.8 Å². The van der Waals surface area contributed by atoms with Crippen molar-refractivity contribution >= 4 is 45.1 Å². The van der Waals surface area contributed by atoms with E-state index in [4.69, 9.17) is 32.4 Å². The number of halogens is 2. The van der Waals surface area contributed by atoms with Crippen molar-refractivity contribution in [2.75, 3.05) is 25.5 Å². The third kappa shape index (κ3) is 5.30. The molecule has 3 aromatic rings. The van der Waals surface area contributed by atoms with Crippen LogP contribution < -0.4 is 10.1 Å². The second-order valence-electron chi connectivity index (χ2n) is 7.44. The molecule has 0 spiro atoms. The third-order valence-electron chi connectivity index (χ3n) is 5.22. The molecule has 0 aliphatic carbocycles. The van der Waals surface area contributed by atoms with Crippen LogP contribution in [0.25, 0.3) is 11.5 Å². The summed E-state index contributed by atoms with van der Waals surface area (Å²) in [5.41, 5.74) is 0.509. The fourth-order valence-electron chi connectivity index (χ4n) is 3.55. The van der Waals surface area contributed by atoms with Crippen molar-refractivity contribution < 1.29 is 22.4 Å². The van der Waals surface area contributed by atoms with Crippen molar-refractivity contribution in [3.05, 3.63) is 52.5 Å². The largest absolute Gasteiger partial charge is 0.497 e. The first-order valence-electron chi connectivity index (χ1n) is 10.0. The zero-order valence-electron chi connectivity index (χ0n) is 17.5. The number of benzene rings is 2. The lowest BCUT2D eigenvalue weighted by molar-refractivity contribution is -0.121. The minimum atomic E-state index is -3.75. The van der Waals surface area contributed by atoms with Gasteiger partial charge in [0.05, 0.1) is 17.9 Å². The molecule has 1 atom stereocenters. The number of amides is 1. The van der Waals surface area contributed by atoms with Crippen LogP contribution in [0, 0.1) is 5.92 Å². The standard InChI is InChI=1S/C21H20Cl2N4O5S/c1-31-17-4-6-18(7-5-17)33(29,30)27-8-2-3-13(12-27)19(28)24-21-26-25-20(32-21)14-9-15(22)11-16(23)10-14/h4-7,9-11,13H,2-3,8,12H2,1H3,(H,24,26,28). The van der Waals surface area contributed by atoms with E-state index in [9.17, 15) is 13.2 Å². The number of ether oxygens (including phenoxy) is 1. The van der Waals surface area contributed by atoms with Gasteiger partial charge in [-0.1, -0.05) is 28.3 Å². The molecule has 33 heavy (non-hydrogen) atoms. The minimum Gasteiger partial charge on any atom is -0.497 e. The molecular weight excluding hydrogens is 491 g/mol. The summed E-state index contributed by atoms with van der Waals surface area (Å²) in [6, 6.07) is 10.8. The van der Waals surface area contributed by atoms with Gasteiger partial charge in [-0.2, -0.15) is 4.31 Å². The molecule has 12 heteroatoms. The molecule has 1 saturated heterocycles. The van der Waals surface area contributed by atoms with Crippen molar-refractivity contribution in [3.63, 3.8) is 0 Å². The van der Waals surface area contributed by atoms with E-state index in [1.807, 2.05) is 0 Å². The molecule has 1 unspecified atom stereocenters. The average molecular weight is 511 g/mol. The molecule has 1 aromatic heterocycles. The van der Waals surface area contributed by atoms with E-state index in [0.29, 0.717) is 40.7 Å². The van der Waals surface area contributed by atoms with Gasteiger partial charge in [0, 0.05) is 28.7 Å². The van der Waals surface area contributed by atoms with Gasteiger partial charge in [0.15, 0.2) is 0 Å². The van der Waals surface area contributed by atoms with Crippen LogP contribution >= 0.6 is 23.2 Å². The number of carbonyl (C=O) groups excluding carboxylic acids is 1. The highest BCUT2D eigenvalue weighted by Gasteiger charge is 2.34. The predicted octanol–water partition coefficient (Wildman–Crippen LogP) is 4.09. The molecule has 1 aliphatic heterocycles. The van der Waals surface area contributed by atoms with Gasteiger partial charge < -0.3 is 9.15 Å². The van der Waals surface area contributed by atoms with Gasteiger partial charge in [-0.05, 0) is 55.3 Å². The summed E-state index contributed by atoms with van der Waals surface area (Å²) in [6.45, 7) is 0.378. The highest BCUT2D eigenvalue weighted by atomic mass is 35.5. The van der Waals surface area contributed by atoms with Gasteiger partial charge in [0.2, 0.25) is 21.8 Å². The van der Waals surface area contributed by atoms with Crippen molar-refractivity contribution in [3.8, 4) is 17.2 Å². The van der Waals surface area contributed by atoms with Gasteiger partial charge in [0.25, 0.3) is 0 Å². The number of aromatic nitrogens is 2. The Labute approximate surface area is 200 Å². The number of rotatable bonds is 6. The van der Waals surface area contributed by atoms with Crippen LogP contribution in [0.5, 0.6) is 5.75 Å². The number of methoxy groups -OCH3 is 1. The number of sulfonamides is 1. The number of anilines is 1. The third-order valence-corrected chi connectivity index (χ3v) is 7.53. The summed E-state index contributed by atoms with van der Waals surface area (Å²) in [6.07, 6.45) is 1.08. The smallest absolute Gasteiger partial charge is 0.322 e. The van der Waals surface area contributed by atoms with E-state index in [-0.39, 0.29) is 23.3 Å². The highest BCUT2D eigenvalue weighted by Crippen LogP contribution is 2.28. The molecule has 0 radical (unpaired) electrons. The number of nitrogens with one attached hydrogen (secondary N) is 1. The van der Waals surface area contributed by atoms with Crippen molar-refractivity contribution in [1.82, 2.24) is 14.5 Å². The molecular formula is C21H20Cl2N4O5S. The Kier molecular flexibility index (Phi) is 6.89. The number of hydrogen-bond acceptors (Lipinski definition) is 7. The van der Waals surface area contributed by atoms with E-state index in [0.717, 1.165) is 0 Å². The molecule has 4 rings (SSSR count). The fraction of sp³-hybridized carbons (Fsp3) is 0.286. The second kappa shape index (κ2) is 9.68. The maximum Gasteiger partial charge on any atom is 0.322 e. The number of piperidine rings is 1. The van der Waals surface area contributed by atoms with Gasteiger partial charge in [-0.15, -0.1) is 5.10 Å². The minimum absolute atomic E-state index is 0.0467. The van der Waals surface area contributed by atoms with E-state index in [2.05, 4.69) is 15.5 Å². The maximum absolute atomic E-state index is 13.0. The summed E-state index contributed by atoms with van der Waals surface area (Å²) >= 11 is 12.0. The Morgan fingerprint density at radius 2 is 1.85 bits per heavy atom. The highest BCUT2D eigenvalue weighted by molar-refractivity contribution is 7.89. The normalized spacial score (nSPS) is 17.0. The van der Waals surface area contributed by atoms with Gasteiger partial charge in [0.1, 0.15) is 5.75 Å². The van der Waals surface area contributed by atoms with Gasteiger partial charge >= 0.3 is 6.01 Å². The fourth-order valence-corrected chi connectivity index (χ4v) is 5.60. The lowest BCUT2D eigenvalue weighted by Gasteiger charge is -2.30. The van der Waals surface area contributed by atoms with Crippen LogP contribution in [0.1, 0.15) is 12.8 Å². The van der Waals surface area contributed by atoms with Crippen molar-refractivity contribution in [1.29, 1.82) is 0 Å². The first-order valence-corrected chi connectivity index (χ1v) is 12.2. The molecule has 0 bridgehead atoms. The Morgan fingerprint density at radius 1 is 1.15 bits per heavy atom. The predicted molar refractivity (Wildman–Crippen MR) is 123 cm³/mol. The molecule has 174 valence electrons. The topological polar surface area (TPSA) is 115 Å². The quantitative estimate of drug-likeness (QED) is 0.530. The summed E-state index contributed by atoms with van der Waals surface area (Å²) in [5.74, 6) is -0.266. The first kappa shape index (κ1) is 23.5. The maximum atomic E-state index is 13.0. The number of nitrogens with zero attached hydrogens (tertiary/aromatic N) is 3. The molecule has 1 fully saturated rings. The Bertz CT molecular complexity index is 1240. The van der Waals surface area contributed by atoms with E-state index in [1.54, 1.807) is 30.3 Å². The molecule has 2 heterocycles. The molecule has 1 aliphatic rings. The summed E-state index contributed by atoms with van der Waals surface area (Å²) in [7, 11) is -2.24. The SMILES string of the molecule is COc1ccc(S(=O)(=O)N2CCCC(C(=O)Nc3nnc(-c4cc(Cl)cc(Cl)c4)o3)C2)cc1.